The third kappa shape index (κ3) is 4.83. The van der Waals surface area contributed by atoms with Crippen molar-refractivity contribution in [2.75, 3.05) is 16.2 Å². The molecule has 1 heterocycles. The van der Waals surface area contributed by atoms with Gasteiger partial charge in [0, 0.05) is 12.2 Å². The number of carbonyl (C=O) groups excluding carboxylic acids is 1. The van der Waals surface area contributed by atoms with Crippen molar-refractivity contribution in [1.82, 2.24) is 0 Å². The molecule has 0 aliphatic carbocycles. The molecule has 0 spiro atoms. The van der Waals surface area contributed by atoms with Crippen molar-refractivity contribution in [2.45, 2.75) is 24.3 Å². The van der Waals surface area contributed by atoms with Gasteiger partial charge in [-0.15, -0.1) is 0 Å². The van der Waals surface area contributed by atoms with Crippen LogP contribution < -0.4 is 14.4 Å². The summed E-state index contributed by atoms with van der Waals surface area (Å²) in [7, 11) is -4.04. The van der Waals surface area contributed by atoms with Crippen molar-refractivity contribution in [3.8, 4) is 5.75 Å². The summed E-state index contributed by atoms with van der Waals surface area (Å²) < 4.78 is 71.0. The molecule has 1 aliphatic rings. The third-order valence-electron chi connectivity index (χ3n) is 5.25. The van der Waals surface area contributed by atoms with Gasteiger partial charge < -0.3 is 10.1 Å². The number of anilines is 2. The highest BCUT2D eigenvalue weighted by Crippen LogP contribution is 2.35. The van der Waals surface area contributed by atoms with Crippen molar-refractivity contribution in [3.05, 3.63) is 82.6 Å². The molecule has 4 rings (SSSR count). The van der Waals surface area contributed by atoms with Gasteiger partial charge in [0.05, 0.1) is 21.2 Å². The van der Waals surface area contributed by atoms with Crippen LogP contribution in [0.5, 0.6) is 5.75 Å². The monoisotopic (exact) mass is 510 g/mol. The summed E-state index contributed by atoms with van der Waals surface area (Å²) in [6.45, 7) is -2.84. The van der Waals surface area contributed by atoms with E-state index in [1.807, 2.05) is 0 Å². The van der Waals surface area contributed by atoms with Crippen LogP contribution in [-0.2, 0) is 16.4 Å². The molecule has 0 atom stereocenters. The summed E-state index contributed by atoms with van der Waals surface area (Å²) in [6.07, 6.45) is 1.19. The fraction of sp³-hybridized carbons (Fsp3) is 0.174. The lowest BCUT2D eigenvalue weighted by molar-refractivity contribution is -0.0498. The number of carbonyl (C=O) groups is 1. The van der Waals surface area contributed by atoms with Crippen LogP contribution in [0.15, 0.2) is 65.6 Å². The molecule has 11 heteroatoms. The highest BCUT2D eigenvalue weighted by atomic mass is 35.5. The lowest BCUT2D eigenvalue weighted by atomic mass is 10.0. The largest absolute Gasteiger partial charge is 0.435 e. The molecule has 0 fully saturated rings. The minimum Gasteiger partial charge on any atom is -0.435 e. The molecule has 1 aliphatic heterocycles. The number of ether oxygens (including phenoxy) is 1. The van der Waals surface area contributed by atoms with Gasteiger partial charge in [0.1, 0.15) is 11.6 Å². The first-order valence-electron chi connectivity index (χ1n) is 10.1. The molecule has 1 N–H and O–H groups in total. The maximum absolute atomic E-state index is 14.1. The molecule has 0 saturated heterocycles. The summed E-state index contributed by atoms with van der Waals surface area (Å²) in [6, 6.07) is 13.3. The van der Waals surface area contributed by atoms with E-state index in [4.69, 9.17) is 11.6 Å². The normalized spacial score (nSPS) is 13.5. The molecule has 0 radical (unpaired) electrons. The van der Waals surface area contributed by atoms with Crippen molar-refractivity contribution in [1.29, 1.82) is 0 Å². The Labute approximate surface area is 199 Å². The fourth-order valence-electron chi connectivity index (χ4n) is 3.70. The standard InChI is InChI=1S/C23H18ClF3N2O4S/c24-18-4-1-5-19(25)21(18)22(30)28-15-7-6-14-3-2-12-29(20(14)13-15)34(31,32)17-10-8-16(9-11-17)33-23(26)27/h1,4-11,13,23H,2-3,12H2,(H,28,30). The zero-order valence-corrected chi connectivity index (χ0v) is 19.0. The number of nitrogens with one attached hydrogen (secondary N) is 1. The Morgan fingerprint density at radius 1 is 1.09 bits per heavy atom. The zero-order chi connectivity index (χ0) is 24.5. The van der Waals surface area contributed by atoms with Gasteiger partial charge in [-0.1, -0.05) is 23.7 Å². The molecule has 3 aromatic carbocycles. The van der Waals surface area contributed by atoms with Crippen molar-refractivity contribution in [3.63, 3.8) is 0 Å². The molecular formula is C23H18ClF3N2O4S. The lowest BCUT2D eigenvalue weighted by Gasteiger charge is -2.31. The summed E-state index contributed by atoms with van der Waals surface area (Å²) in [4.78, 5) is 12.5. The molecule has 0 saturated carbocycles. The van der Waals surface area contributed by atoms with Gasteiger partial charge >= 0.3 is 6.61 Å². The molecule has 3 aromatic rings. The number of rotatable bonds is 6. The fourth-order valence-corrected chi connectivity index (χ4v) is 5.48. The molecule has 0 aromatic heterocycles. The Morgan fingerprint density at radius 2 is 1.82 bits per heavy atom. The number of fused-ring (bicyclic) bond motifs is 1. The second kappa shape index (κ2) is 9.55. The van der Waals surface area contributed by atoms with E-state index in [0.29, 0.717) is 18.5 Å². The first kappa shape index (κ1) is 23.9. The predicted molar refractivity (Wildman–Crippen MR) is 122 cm³/mol. The van der Waals surface area contributed by atoms with E-state index >= 15 is 0 Å². The molecule has 178 valence electrons. The van der Waals surface area contributed by atoms with Crippen molar-refractivity contribution >= 4 is 38.9 Å². The minimum atomic E-state index is -4.04. The summed E-state index contributed by atoms with van der Waals surface area (Å²) in [5.74, 6) is -1.72. The van der Waals surface area contributed by atoms with Crippen LogP contribution >= 0.6 is 11.6 Å². The van der Waals surface area contributed by atoms with Gasteiger partial charge in [0.25, 0.3) is 15.9 Å². The van der Waals surface area contributed by atoms with Crippen LogP contribution in [0.3, 0.4) is 0 Å². The second-order valence-corrected chi connectivity index (χ2v) is 9.69. The molecular weight excluding hydrogens is 493 g/mol. The molecule has 34 heavy (non-hydrogen) atoms. The first-order valence-corrected chi connectivity index (χ1v) is 11.9. The number of nitrogens with zero attached hydrogens (tertiary/aromatic N) is 1. The second-order valence-electron chi connectivity index (χ2n) is 7.42. The SMILES string of the molecule is O=C(Nc1ccc2c(c1)N(S(=O)(=O)c1ccc(OC(F)F)cc1)CCC2)c1c(F)cccc1Cl. The summed E-state index contributed by atoms with van der Waals surface area (Å²) >= 11 is 5.96. The van der Waals surface area contributed by atoms with Crippen LogP contribution in [0, 0.1) is 5.82 Å². The minimum absolute atomic E-state index is 0.0565. The molecule has 6 nitrogen and oxygen atoms in total. The van der Waals surface area contributed by atoms with Gasteiger partial charge in [-0.2, -0.15) is 8.78 Å². The van der Waals surface area contributed by atoms with Crippen LogP contribution in [0.1, 0.15) is 22.3 Å². The van der Waals surface area contributed by atoms with Crippen LogP contribution in [0.2, 0.25) is 5.02 Å². The van der Waals surface area contributed by atoms with Gasteiger partial charge in [-0.3, -0.25) is 9.10 Å². The first-order chi connectivity index (χ1) is 16.2. The van der Waals surface area contributed by atoms with E-state index in [0.717, 1.165) is 23.8 Å². The molecule has 0 bridgehead atoms. The number of halogens is 4. The van der Waals surface area contributed by atoms with E-state index in [1.165, 1.54) is 34.6 Å². The third-order valence-corrected chi connectivity index (χ3v) is 7.39. The highest BCUT2D eigenvalue weighted by molar-refractivity contribution is 7.92. The number of hydrogen-bond acceptors (Lipinski definition) is 4. The number of amides is 1. The highest BCUT2D eigenvalue weighted by Gasteiger charge is 2.30. The number of sulfonamides is 1. The van der Waals surface area contributed by atoms with Crippen LogP contribution in [0.4, 0.5) is 24.5 Å². The Hall–Kier alpha value is -3.24. The Morgan fingerprint density at radius 3 is 2.50 bits per heavy atom. The van der Waals surface area contributed by atoms with Crippen molar-refractivity contribution < 1.29 is 31.1 Å². The van der Waals surface area contributed by atoms with Crippen LogP contribution in [0.25, 0.3) is 0 Å². The number of benzene rings is 3. The summed E-state index contributed by atoms with van der Waals surface area (Å²) in [5, 5.41) is 2.50. The number of aryl methyl sites for hydroxylation is 1. The van der Waals surface area contributed by atoms with E-state index in [1.54, 1.807) is 12.1 Å². The van der Waals surface area contributed by atoms with E-state index in [2.05, 4.69) is 10.1 Å². The number of alkyl halides is 2. The predicted octanol–water partition coefficient (Wildman–Crippen LogP) is 5.47. The molecule has 0 unspecified atom stereocenters. The Kier molecular flexibility index (Phi) is 6.72. The van der Waals surface area contributed by atoms with E-state index in [-0.39, 0.29) is 33.5 Å². The lowest BCUT2D eigenvalue weighted by Crippen LogP contribution is -2.35. The van der Waals surface area contributed by atoms with Gasteiger partial charge in [-0.05, 0) is 66.9 Å². The quantitative estimate of drug-likeness (QED) is 0.477. The zero-order valence-electron chi connectivity index (χ0n) is 17.5. The Bertz CT molecular complexity index is 1310. The topological polar surface area (TPSA) is 75.7 Å². The Balaban J connectivity index is 1.64. The summed E-state index contributed by atoms with van der Waals surface area (Å²) in [5.41, 5.74) is 1.04. The molecule has 1 amide bonds. The van der Waals surface area contributed by atoms with Gasteiger partial charge in [0.2, 0.25) is 0 Å². The van der Waals surface area contributed by atoms with Crippen LogP contribution in [-0.4, -0.2) is 27.5 Å². The van der Waals surface area contributed by atoms with E-state index < -0.39 is 28.4 Å². The van der Waals surface area contributed by atoms with Gasteiger partial charge in [-0.25, -0.2) is 12.8 Å². The maximum atomic E-state index is 14.1. The van der Waals surface area contributed by atoms with Gasteiger partial charge in [0.15, 0.2) is 0 Å². The number of hydrogen-bond donors (Lipinski definition) is 1. The average molecular weight is 511 g/mol. The van der Waals surface area contributed by atoms with Crippen molar-refractivity contribution in [2.24, 2.45) is 0 Å². The van der Waals surface area contributed by atoms with E-state index in [9.17, 15) is 26.4 Å². The average Bonchev–Trinajstić information content (AvgIpc) is 2.78. The smallest absolute Gasteiger partial charge is 0.387 e. The maximum Gasteiger partial charge on any atom is 0.387 e.